The lowest BCUT2D eigenvalue weighted by atomic mass is 9.93. The van der Waals surface area contributed by atoms with Gasteiger partial charge in [0.15, 0.2) is 0 Å². The van der Waals surface area contributed by atoms with Crippen LogP contribution in [0.3, 0.4) is 0 Å². The van der Waals surface area contributed by atoms with Gasteiger partial charge < -0.3 is 14.9 Å². The number of aryl methyl sites for hydroxylation is 3. The second-order valence-corrected chi connectivity index (χ2v) is 7.37. The van der Waals surface area contributed by atoms with Crippen LogP contribution in [-0.4, -0.2) is 17.3 Å². The number of aliphatic hydroxyl groups excluding tert-OH is 1. The summed E-state index contributed by atoms with van der Waals surface area (Å²) in [6.07, 6.45) is 0. The van der Waals surface area contributed by atoms with Crippen LogP contribution in [0.4, 0.5) is 0 Å². The molecule has 2 N–H and O–H groups in total. The molecule has 0 spiro atoms. The first kappa shape index (κ1) is 18.3. The number of hydrogen-bond acceptors (Lipinski definition) is 3. The van der Waals surface area contributed by atoms with Crippen molar-refractivity contribution in [2.24, 2.45) is 0 Å². The molecule has 0 bridgehead atoms. The van der Waals surface area contributed by atoms with Gasteiger partial charge in [-0.2, -0.15) is 0 Å². The fourth-order valence-corrected chi connectivity index (χ4v) is 4.10. The van der Waals surface area contributed by atoms with Gasteiger partial charge in [0.1, 0.15) is 11.5 Å². The van der Waals surface area contributed by atoms with Crippen molar-refractivity contribution in [1.82, 2.24) is 0 Å². The van der Waals surface area contributed by atoms with Crippen molar-refractivity contribution >= 4 is 21.5 Å². The van der Waals surface area contributed by atoms with Crippen molar-refractivity contribution in [3.05, 3.63) is 70.8 Å². The van der Waals surface area contributed by atoms with Crippen LogP contribution in [0.1, 0.15) is 22.3 Å². The van der Waals surface area contributed by atoms with E-state index in [9.17, 15) is 10.2 Å². The molecule has 28 heavy (non-hydrogen) atoms. The number of rotatable bonds is 3. The van der Waals surface area contributed by atoms with E-state index in [4.69, 9.17) is 4.74 Å². The molecule has 142 valence electrons. The van der Waals surface area contributed by atoms with Gasteiger partial charge in [-0.05, 0) is 94.4 Å². The van der Waals surface area contributed by atoms with E-state index in [1.807, 2.05) is 6.92 Å². The second-order valence-electron chi connectivity index (χ2n) is 7.37. The summed E-state index contributed by atoms with van der Waals surface area (Å²) in [7, 11) is 1.71. The number of hydrogen-bond donors (Lipinski definition) is 2. The van der Waals surface area contributed by atoms with Gasteiger partial charge in [-0.1, -0.05) is 24.3 Å². The van der Waals surface area contributed by atoms with E-state index < -0.39 is 0 Å². The number of benzene rings is 4. The van der Waals surface area contributed by atoms with E-state index in [2.05, 4.69) is 56.3 Å². The lowest BCUT2D eigenvalue weighted by molar-refractivity contribution is 0.275. The Kier molecular flexibility index (Phi) is 4.48. The zero-order chi connectivity index (χ0) is 20.0. The molecule has 4 aromatic carbocycles. The summed E-state index contributed by atoms with van der Waals surface area (Å²) >= 11 is 0. The molecule has 0 fully saturated rings. The Morgan fingerprint density at radius 2 is 1.46 bits per heavy atom. The minimum absolute atomic E-state index is 0.140. The molecule has 0 radical (unpaired) electrons. The molecule has 0 heterocycles. The van der Waals surface area contributed by atoms with E-state index in [1.165, 1.54) is 16.3 Å². The zero-order valence-corrected chi connectivity index (χ0v) is 16.6. The highest BCUT2D eigenvalue weighted by molar-refractivity contribution is 5.96. The normalized spacial score (nSPS) is 11.3. The first-order valence-corrected chi connectivity index (χ1v) is 9.39. The Hall–Kier alpha value is -3.04. The van der Waals surface area contributed by atoms with Gasteiger partial charge in [0, 0.05) is 5.56 Å². The Morgan fingerprint density at radius 3 is 2.14 bits per heavy atom. The molecule has 0 aliphatic heterocycles. The van der Waals surface area contributed by atoms with Gasteiger partial charge in [0.05, 0.1) is 13.7 Å². The summed E-state index contributed by atoms with van der Waals surface area (Å²) in [5, 5.41) is 24.2. The molecule has 4 aromatic rings. The van der Waals surface area contributed by atoms with Gasteiger partial charge in [-0.3, -0.25) is 0 Å². The minimum Gasteiger partial charge on any atom is -0.508 e. The first-order chi connectivity index (χ1) is 13.4. The summed E-state index contributed by atoms with van der Waals surface area (Å²) in [6, 6.07) is 16.6. The molecular weight excluding hydrogens is 348 g/mol. The zero-order valence-electron chi connectivity index (χ0n) is 16.6. The predicted octanol–water partition coefficient (Wildman–Crippen LogP) is 5.79. The van der Waals surface area contributed by atoms with Crippen LogP contribution in [-0.2, 0) is 6.61 Å². The van der Waals surface area contributed by atoms with Crippen molar-refractivity contribution in [1.29, 1.82) is 0 Å². The molecule has 0 atom stereocenters. The third-order valence-corrected chi connectivity index (χ3v) is 5.79. The predicted molar refractivity (Wildman–Crippen MR) is 115 cm³/mol. The molecule has 0 saturated heterocycles. The third-order valence-electron chi connectivity index (χ3n) is 5.79. The van der Waals surface area contributed by atoms with Gasteiger partial charge in [0.25, 0.3) is 0 Å². The van der Waals surface area contributed by atoms with E-state index in [1.54, 1.807) is 13.2 Å². The Balaban J connectivity index is 1.90. The third kappa shape index (κ3) is 2.79. The van der Waals surface area contributed by atoms with Crippen molar-refractivity contribution < 1.29 is 14.9 Å². The van der Waals surface area contributed by atoms with Gasteiger partial charge in [-0.15, -0.1) is 0 Å². The summed E-state index contributed by atoms with van der Waals surface area (Å²) in [5.74, 6) is 1.05. The summed E-state index contributed by atoms with van der Waals surface area (Å²) in [4.78, 5) is 0. The number of ether oxygens (including phenoxy) is 1. The van der Waals surface area contributed by atoms with Crippen molar-refractivity contribution in [2.75, 3.05) is 7.11 Å². The monoisotopic (exact) mass is 372 g/mol. The fourth-order valence-electron chi connectivity index (χ4n) is 4.10. The molecule has 0 unspecified atom stereocenters. The van der Waals surface area contributed by atoms with Crippen molar-refractivity contribution in [3.63, 3.8) is 0 Å². The van der Waals surface area contributed by atoms with Crippen molar-refractivity contribution in [2.45, 2.75) is 27.4 Å². The van der Waals surface area contributed by atoms with Gasteiger partial charge in [-0.25, -0.2) is 0 Å². The molecule has 3 nitrogen and oxygen atoms in total. The van der Waals surface area contributed by atoms with Crippen LogP contribution in [0.2, 0.25) is 0 Å². The molecule has 0 amide bonds. The van der Waals surface area contributed by atoms with Crippen LogP contribution in [0.5, 0.6) is 11.5 Å². The Morgan fingerprint density at radius 1 is 0.786 bits per heavy atom. The van der Waals surface area contributed by atoms with E-state index >= 15 is 0 Å². The number of methoxy groups -OCH3 is 1. The lowest BCUT2D eigenvalue weighted by Gasteiger charge is -2.14. The summed E-state index contributed by atoms with van der Waals surface area (Å²) < 4.78 is 5.50. The molecule has 0 aliphatic rings. The Bertz CT molecular complexity index is 1220. The van der Waals surface area contributed by atoms with E-state index in [-0.39, 0.29) is 12.4 Å². The topological polar surface area (TPSA) is 49.7 Å². The highest BCUT2D eigenvalue weighted by atomic mass is 16.5. The number of fused-ring (bicyclic) bond motifs is 2. The summed E-state index contributed by atoms with van der Waals surface area (Å²) in [6.45, 7) is 5.96. The molecule has 0 saturated carbocycles. The average molecular weight is 372 g/mol. The largest absolute Gasteiger partial charge is 0.508 e. The quantitative estimate of drug-likeness (QED) is 0.478. The SMILES string of the molecule is COc1cc(C)c2cc(-c3ccc4c(C)c(CO)c(O)cc4c3)ccc2c1C. The second kappa shape index (κ2) is 6.84. The molecule has 0 aliphatic carbocycles. The van der Waals surface area contributed by atoms with Crippen LogP contribution in [0.15, 0.2) is 48.5 Å². The lowest BCUT2D eigenvalue weighted by Crippen LogP contribution is -1.93. The molecule has 0 aromatic heterocycles. The fraction of sp³-hybridized carbons (Fsp3) is 0.200. The number of phenols is 1. The highest BCUT2D eigenvalue weighted by Gasteiger charge is 2.12. The maximum Gasteiger partial charge on any atom is 0.122 e. The van der Waals surface area contributed by atoms with Gasteiger partial charge >= 0.3 is 0 Å². The number of aliphatic hydroxyl groups is 1. The smallest absolute Gasteiger partial charge is 0.122 e. The van der Waals surface area contributed by atoms with Crippen LogP contribution in [0.25, 0.3) is 32.7 Å². The van der Waals surface area contributed by atoms with E-state index in [0.29, 0.717) is 5.56 Å². The van der Waals surface area contributed by atoms with Crippen LogP contribution < -0.4 is 4.74 Å². The van der Waals surface area contributed by atoms with E-state index in [0.717, 1.165) is 38.8 Å². The summed E-state index contributed by atoms with van der Waals surface area (Å²) in [5.41, 5.74) is 6.06. The first-order valence-electron chi connectivity index (χ1n) is 9.39. The average Bonchev–Trinajstić information content (AvgIpc) is 2.70. The Labute approximate surface area is 164 Å². The van der Waals surface area contributed by atoms with Crippen LogP contribution >= 0.6 is 0 Å². The minimum atomic E-state index is -0.165. The van der Waals surface area contributed by atoms with Gasteiger partial charge in [0.2, 0.25) is 0 Å². The maximum absolute atomic E-state index is 10.2. The highest BCUT2D eigenvalue weighted by Crippen LogP contribution is 2.36. The van der Waals surface area contributed by atoms with Crippen LogP contribution in [0, 0.1) is 20.8 Å². The molecular formula is C25H24O3. The number of aromatic hydroxyl groups is 1. The maximum atomic E-state index is 10.2. The molecule has 4 rings (SSSR count). The van der Waals surface area contributed by atoms with Crippen molar-refractivity contribution in [3.8, 4) is 22.6 Å². The molecule has 3 heteroatoms. The standard InChI is InChI=1S/C25H24O3/c1-14-9-25(28-4)16(3)21-8-6-18(11-22(14)21)17-5-7-20-15(2)23(13-26)24(27)12-19(20)10-17/h5-12,26-27H,13H2,1-4H3.